The van der Waals surface area contributed by atoms with E-state index in [1.54, 1.807) is 7.11 Å². The van der Waals surface area contributed by atoms with Gasteiger partial charge in [-0.25, -0.2) is 0 Å². The highest BCUT2D eigenvalue weighted by Gasteiger charge is 2.56. The Balaban J connectivity index is 1.52. The van der Waals surface area contributed by atoms with E-state index in [4.69, 9.17) is 4.74 Å². The monoisotopic (exact) mass is 396 g/mol. The Kier molecular flexibility index (Phi) is 4.84. The molecule has 1 spiro atoms. The molecule has 0 aromatic heterocycles. The molecule has 1 N–H and O–H groups in total. The average Bonchev–Trinajstić information content (AvgIpc) is 3.33. The maximum absolute atomic E-state index is 5.32. The van der Waals surface area contributed by atoms with Crippen LogP contribution >= 0.6 is 0 Å². The van der Waals surface area contributed by atoms with Gasteiger partial charge in [0, 0.05) is 36.7 Å². The number of nitrogens with zero attached hydrogens (tertiary/aromatic N) is 1. The summed E-state index contributed by atoms with van der Waals surface area (Å²) in [5.41, 5.74) is 5.30. The lowest BCUT2D eigenvalue weighted by Gasteiger charge is -2.36. The van der Waals surface area contributed by atoms with Crippen molar-refractivity contribution in [2.24, 2.45) is 5.92 Å². The summed E-state index contributed by atoms with van der Waals surface area (Å²) in [7, 11) is 1.71. The Labute approximate surface area is 179 Å². The third-order valence-electron chi connectivity index (χ3n) is 6.83. The number of nitrogens with one attached hydrogen (secondary N) is 1. The molecule has 2 aliphatic rings. The quantitative estimate of drug-likeness (QED) is 0.583. The summed E-state index contributed by atoms with van der Waals surface area (Å²) in [6.45, 7) is 7.19. The Morgan fingerprint density at radius 2 is 1.77 bits per heavy atom. The second kappa shape index (κ2) is 7.66. The predicted molar refractivity (Wildman–Crippen MR) is 123 cm³/mol. The molecule has 2 heterocycles. The van der Waals surface area contributed by atoms with Crippen molar-refractivity contribution in [2.45, 2.75) is 18.0 Å². The smallest absolute Gasteiger partial charge is 0.118 e. The zero-order valence-electron chi connectivity index (χ0n) is 17.4. The van der Waals surface area contributed by atoms with Crippen molar-refractivity contribution in [3.63, 3.8) is 0 Å². The van der Waals surface area contributed by atoms with Gasteiger partial charge in [0.25, 0.3) is 0 Å². The van der Waals surface area contributed by atoms with E-state index in [-0.39, 0.29) is 11.5 Å². The van der Waals surface area contributed by atoms with E-state index in [1.165, 1.54) is 22.4 Å². The number of rotatable bonds is 5. The van der Waals surface area contributed by atoms with Crippen LogP contribution in [0.3, 0.4) is 0 Å². The second-order valence-corrected chi connectivity index (χ2v) is 8.43. The molecule has 2 aliphatic heterocycles. The maximum atomic E-state index is 5.32. The van der Waals surface area contributed by atoms with Crippen LogP contribution in [0.5, 0.6) is 5.75 Å². The summed E-state index contributed by atoms with van der Waals surface area (Å²) in [6, 6.07) is 28.3. The van der Waals surface area contributed by atoms with Crippen LogP contribution in [0, 0.1) is 5.92 Å². The Bertz CT molecular complexity index is 1030. The topological polar surface area (TPSA) is 24.5 Å². The summed E-state index contributed by atoms with van der Waals surface area (Å²) in [5.74, 6) is 1.27. The number of methoxy groups -OCH3 is 1. The minimum absolute atomic E-state index is 0.0217. The fourth-order valence-corrected chi connectivity index (χ4v) is 5.46. The molecule has 3 heteroatoms. The third kappa shape index (κ3) is 3.01. The lowest BCUT2D eigenvalue weighted by atomic mass is 9.67. The van der Waals surface area contributed by atoms with Gasteiger partial charge in [-0.05, 0) is 34.9 Å². The number of benzene rings is 3. The second-order valence-electron chi connectivity index (χ2n) is 8.43. The highest BCUT2D eigenvalue weighted by molar-refractivity contribution is 5.65. The maximum Gasteiger partial charge on any atom is 0.118 e. The first-order valence-electron chi connectivity index (χ1n) is 10.6. The van der Waals surface area contributed by atoms with Gasteiger partial charge in [-0.15, -0.1) is 6.58 Å². The normalized spacial score (nSPS) is 25.1. The van der Waals surface area contributed by atoms with Gasteiger partial charge in [0.15, 0.2) is 0 Å². The summed E-state index contributed by atoms with van der Waals surface area (Å²) >= 11 is 0. The van der Waals surface area contributed by atoms with Crippen molar-refractivity contribution >= 4 is 5.69 Å². The van der Waals surface area contributed by atoms with Crippen LogP contribution in [0.4, 0.5) is 5.69 Å². The molecule has 3 aromatic carbocycles. The fourth-order valence-electron chi connectivity index (χ4n) is 5.46. The number of fused-ring (bicyclic) bond motifs is 2. The van der Waals surface area contributed by atoms with E-state index in [9.17, 15) is 0 Å². The van der Waals surface area contributed by atoms with E-state index in [0.717, 1.165) is 25.4 Å². The van der Waals surface area contributed by atoms with Crippen molar-refractivity contribution in [3.8, 4) is 5.75 Å². The average molecular weight is 397 g/mol. The highest BCUT2D eigenvalue weighted by Crippen LogP contribution is 2.56. The van der Waals surface area contributed by atoms with Crippen LogP contribution < -0.4 is 10.1 Å². The van der Waals surface area contributed by atoms with Gasteiger partial charge in [0.2, 0.25) is 0 Å². The molecule has 3 nitrogen and oxygen atoms in total. The number of ether oxygens (including phenoxy) is 1. The predicted octanol–water partition coefficient (Wildman–Crippen LogP) is 5.42. The summed E-state index contributed by atoms with van der Waals surface area (Å²) in [6.07, 6.45) is 2.17. The molecule has 3 aromatic rings. The minimum Gasteiger partial charge on any atom is -0.497 e. The SMILES string of the molecule is C=C[C@H]1CN(Cc2ccc(OC)cc2)C[C@]12c1ccccc1N[C@H]2c1ccccc1. The van der Waals surface area contributed by atoms with Gasteiger partial charge in [0.1, 0.15) is 5.75 Å². The van der Waals surface area contributed by atoms with E-state index in [1.807, 2.05) is 12.1 Å². The van der Waals surface area contributed by atoms with Gasteiger partial charge in [-0.1, -0.05) is 66.7 Å². The largest absolute Gasteiger partial charge is 0.497 e. The molecule has 0 amide bonds. The molecule has 0 unspecified atom stereocenters. The molecule has 0 aliphatic carbocycles. The standard InChI is InChI=1S/C27H28N2O/c1-3-22-18-29(17-20-13-15-23(30-2)16-14-20)19-27(22)24-11-7-8-12-25(24)28-26(27)21-9-5-4-6-10-21/h3-16,22,26,28H,1,17-19H2,2H3/t22-,26-,27+/m0/s1. The molecular formula is C27H28N2O. The third-order valence-corrected chi connectivity index (χ3v) is 6.83. The molecular weight excluding hydrogens is 368 g/mol. The van der Waals surface area contributed by atoms with Gasteiger partial charge in [-0.2, -0.15) is 0 Å². The van der Waals surface area contributed by atoms with Crippen molar-refractivity contribution in [1.29, 1.82) is 0 Å². The molecule has 5 rings (SSSR count). The number of hydrogen-bond acceptors (Lipinski definition) is 3. The van der Waals surface area contributed by atoms with Crippen LogP contribution in [-0.2, 0) is 12.0 Å². The summed E-state index contributed by atoms with van der Waals surface area (Å²) in [4.78, 5) is 2.58. The Morgan fingerprint density at radius 1 is 1.03 bits per heavy atom. The summed E-state index contributed by atoms with van der Waals surface area (Å²) in [5, 5.41) is 3.86. The molecule has 0 radical (unpaired) electrons. The number of para-hydroxylation sites is 1. The van der Waals surface area contributed by atoms with Crippen molar-refractivity contribution in [3.05, 3.63) is 108 Å². The number of anilines is 1. The van der Waals surface area contributed by atoms with Gasteiger partial charge < -0.3 is 10.1 Å². The van der Waals surface area contributed by atoms with Gasteiger partial charge in [-0.3, -0.25) is 4.90 Å². The molecule has 0 saturated carbocycles. The molecule has 1 fully saturated rings. The lowest BCUT2D eigenvalue weighted by molar-refractivity contribution is 0.292. The molecule has 3 atom stereocenters. The lowest BCUT2D eigenvalue weighted by Crippen LogP contribution is -2.39. The van der Waals surface area contributed by atoms with Crippen LogP contribution in [0.1, 0.15) is 22.7 Å². The summed E-state index contributed by atoms with van der Waals surface area (Å²) < 4.78 is 5.32. The number of hydrogen-bond donors (Lipinski definition) is 1. The molecule has 1 saturated heterocycles. The first kappa shape index (κ1) is 19.0. The number of likely N-dealkylation sites (tertiary alicyclic amines) is 1. The Hall–Kier alpha value is -3.04. The minimum atomic E-state index is -0.0217. The highest BCUT2D eigenvalue weighted by atomic mass is 16.5. The zero-order valence-corrected chi connectivity index (χ0v) is 17.4. The van der Waals surface area contributed by atoms with E-state index in [0.29, 0.717) is 5.92 Å². The van der Waals surface area contributed by atoms with E-state index < -0.39 is 0 Å². The molecule has 0 bridgehead atoms. The van der Waals surface area contributed by atoms with Gasteiger partial charge >= 0.3 is 0 Å². The Morgan fingerprint density at radius 3 is 2.50 bits per heavy atom. The molecule has 30 heavy (non-hydrogen) atoms. The molecule has 152 valence electrons. The van der Waals surface area contributed by atoms with Gasteiger partial charge in [0.05, 0.1) is 13.2 Å². The van der Waals surface area contributed by atoms with Crippen LogP contribution in [-0.4, -0.2) is 25.1 Å². The zero-order chi connectivity index (χ0) is 20.6. The van der Waals surface area contributed by atoms with E-state index >= 15 is 0 Å². The van der Waals surface area contributed by atoms with Crippen LogP contribution in [0.2, 0.25) is 0 Å². The van der Waals surface area contributed by atoms with E-state index in [2.05, 4.69) is 89.6 Å². The van der Waals surface area contributed by atoms with Crippen LogP contribution in [0.15, 0.2) is 91.5 Å². The first-order valence-corrected chi connectivity index (χ1v) is 10.6. The first-order chi connectivity index (χ1) is 14.7. The fraction of sp³-hybridized carbons (Fsp3) is 0.259. The van der Waals surface area contributed by atoms with Crippen LogP contribution in [0.25, 0.3) is 0 Å². The van der Waals surface area contributed by atoms with Crippen molar-refractivity contribution < 1.29 is 4.74 Å². The van der Waals surface area contributed by atoms with Crippen molar-refractivity contribution in [2.75, 3.05) is 25.5 Å². The van der Waals surface area contributed by atoms with Crippen molar-refractivity contribution in [1.82, 2.24) is 4.90 Å².